The number of nitrogens with zero attached hydrogens (tertiary/aromatic N) is 3. The molecule has 9 amide bonds. The Labute approximate surface area is 472 Å². The zero-order valence-electron chi connectivity index (χ0n) is 47.7. The quantitative estimate of drug-likeness (QED) is 0.0175. The van der Waals surface area contributed by atoms with E-state index in [4.69, 9.17) is 28.7 Å². The average molecular weight is 1140 g/mol. The number of aliphatic hydroxyl groups is 1. The molecule has 0 aliphatic heterocycles. The highest BCUT2D eigenvalue weighted by Crippen LogP contribution is 2.14. The van der Waals surface area contributed by atoms with Crippen LogP contribution in [-0.2, 0) is 56.0 Å². The number of nitrogens with two attached hydrogens (primary N) is 5. The maximum absolute atomic E-state index is 14.3. The fourth-order valence-corrected chi connectivity index (χ4v) is 8.18. The Hall–Kier alpha value is -8.08. The van der Waals surface area contributed by atoms with Gasteiger partial charge >= 0.3 is 0 Å². The number of amides is 9. The number of imidazole rings is 1. The number of nitrogens with one attached hydrogen (secondary N) is 10. The fraction of sp³-hybridized carbons (Fsp3) is 0.615. The highest BCUT2D eigenvalue weighted by Gasteiger charge is 2.35. The standard InChI is InChI=1S/C52H88N18O11/c1-9-29(6)41(42(53)73)70-50(81)40(25-71)69-49(80)38(21-28(4)5)67-48(79)37(20-27(2)3)66-44(75)34(12-10-18-60-51(54)55)64-43(74)30(7)63-47(78)39(23-32-24-59-26-62-32)68-45(76)35(13-11-19-61-52(56)57)65-46(77)36(58-8)22-31-14-16-33(72)17-15-31/h14-17,24,26-30,34-41,58,71-72H,9-13,18-23,25H2,1-8H3,(H2,53,73)(H,59,62)(H,63,78)(H,64,74)(H,65,77)(H,66,75)(H,67,79)(H,68,76)(H,69,80)(H,70,81)(H4,54,55,60)(H4,56,57,61)/t29-,30-,34-,35-,36-,37-,38-,39-,40-,41-/m0/s1. The molecule has 0 radical (unpaired) electrons. The predicted octanol–water partition coefficient (Wildman–Crippen LogP) is -3.89. The molecule has 0 unspecified atom stereocenters. The highest BCUT2D eigenvalue weighted by molar-refractivity contribution is 5.98. The lowest BCUT2D eigenvalue weighted by Crippen LogP contribution is -2.61. The number of aromatic nitrogens is 2. The highest BCUT2D eigenvalue weighted by atomic mass is 16.3. The van der Waals surface area contributed by atoms with Gasteiger partial charge in [-0.2, -0.15) is 0 Å². The molecule has 1 aromatic carbocycles. The van der Waals surface area contributed by atoms with Crippen molar-refractivity contribution in [2.24, 2.45) is 56.4 Å². The number of guanidine groups is 2. The van der Waals surface area contributed by atoms with Crippen LogP contribution in [0.15, 0.2) is 46.8 Å². The third-order valence-corrected chi connectivity index (χ3v) is 12.9. The summed E-state index contributed by atoms with van der Waals surface area (Å²) in [6.45, 7) is 11.3. The summed E-state index contributed by atoms with van der Waals surface area (Å²) >= 11 is 0. The van der Waals surface area contributed by atoms with Crippen LogP contribution in [0, 0.1) is 17.8 Å². The molecule has 1 aromatic heterocycles. The Kier molecular flexibility index (Phi) is 30.3. The summed E-state index contributed by atoms with van der Waals surface area (Å²) < 4.78 is 0. The number of carbonyl (C=O) groups excluding carboxylic acids is 9. The van der Waals surface area contributed by atoms with E-state index in [0.717, 1.165) is 5.56 Å². The zero-order chi connectivity index (χ0) is 60.9. The van der Waals surface area contributed by atoms with Crippen molar-refractivity contribution >= 4 is 65.1 Å². The van der Waals surface area contributed by atoms with Gasteiger partial charge in [-0.1, -0.05) is 60.1 Å². The maximum Gasteiger partial charge on any atom is 0.245 e. The first-order valence-corrected chi connectivity index (χ1v) is 27.1. The molecule has 29 nitrogen and oxygen atoms in total. The van der Waals surface area contributed by atoms with Gasteiger partial charge in [0.05, 0.1) is 19.0 Å². The second-order valence-electron chi connectivity index (χ2n) is 20.7. The number of carbonyl (C=O) groups is 9. The number of H-pyrrole nitrogens is 1. The number of likely N-dealkylation sites (N-methyl/N-ethyl adjacent to an activating group) is 1. The molecular formula is C52H88N18O11. The van der Waals surface area contributed by atoms with Gasteiger partial charge in [0.25, 0.3) is 0 Å². The molecule has 10 atom stereocenters. The van der Waals surface area contributed by atoms with Crippen molar-refractivity contribution in [3.05, 3.63) is 48.0 Å². The number of rotatable bonds is 37. The lowest BCUT2D eigenvalue weighted by Gasteiger charge is -2.28. The lowest BCUT2D eigenvalue weighted by atomic mass is 9.98. The Morgan fingerprint density at radius 1 is 0.568 bits per heavy atom. The van der Waals surface area contributed by atoms with E-state index < -0.39 is 114 Å². The second-order valence-corrected chi connectivity index (χ2v) is 20.7. The summed E-state index contributed by atoms with van der Waals surface area (Å²) in [5.74, 6) is -8.20. The van der Waals surface area contributed by atoms with Gasteiger partial charge < -0.3 is 91.7 Å². The van der Waals surface area contributed by atoms with Crippen LogP contribution < -0.4 is 76.5 Å². The van der Waals surface area contributed by atoms with Crippen LogP contribution in [0.2, 0.25) is 0 Å². The van der Waals surface area contributed by atoms with Crippen LogP contribution in [0.4, 0.5) is 0 Å². The van der Waals surface area contributed by atoms with E-state index in [1.165, 1.54) is 31.6 Å². The van der Waals surface area contributed by atoms with E-state index in [2.05, 4.69) is 67.8 Å². The first-order chi connectivity index (χ1) is 38.2. The van der Waals surface area contributed by atoms with Gasteiger partial charge in [-0.25, -0.2) is 4.98 Å². The number of aromatic hydroxyl groups is 1. The van der Waals surface area contributed by atoms with Crippen LogP contribution in [0.1, 0.15) is 105 Å². The molecule has 2 rings (SSSR count). The van der Waals surface area contributed by atoms with E-state index in [9.17, 15) is 53.4 Å². The molecule has 2 aromatic rings. The number of aliphatic hydroxyl groups excluding tert-OH is 1. The van der Waals surface area contributed by atoms with Gasteiger partial charge in [0.15, 0.2) is 11.9 Å². The Morgan fingerprint density at radius 2 is 1.00 bits per heavy atom. The number of aromatic amines is 1. The number of hydrogen-bond donors (Lipinski definition) is 17. The third-order valence-electron chi connectivity index (χ3n) is 12.9. The van der Waals surface area contributed by atoms with Crippen LogP contribution >= 0.6 is 0 Å². The normalized spacial score (nSPS) is 14.9. The molecule has 1 heterocycles. The van der Waals surface area contributed by atoms with Crippen molar-refractivity contribution in [2.75, 3.05) is 26.7 Å². The van der Waals surface area contributed by atoms with Gasteiger partial charge in [-0.15, -0.1) is 0 Å². The first-order valence-electron chi connectivity index (χ1n) is 27.1. The Bertz CT molecular complexity index is 2410. The maximum atomic E-state index is 14.3. The summed E-state index contributed by atoms with van der Waals surface area (Å²) in [6, 6.07) is -5.02. The minimum Gasteiger partial charge on any atom is -0.508 e. The van der Waals surface area contributed by atoms with E-state index in [-0.39, 0.29) is 99.9 Å². The van der Waals surface area contributed by atoms with Crippen molar-refractivity contribution < 1.29 is 53.4 Å². The molecule has 81 heavy (non-hydrogen) atoms. The number of benzene rings is 1. The minimum atomic E-state index is -1.52. The van der Waals surface area contributed by atoms with Gasteiger partial charge in [0.2, 0.25) is 53.2 Å². The van der Waals surface area contributed by atoms with Crippen LogP contribution in [-0.4, -0.2) is 166 Å². The van der Waals surface area contributed by atoms with Crippen molar-refractivity contribution in [1.82, 2.24) is 57.8 Å². The molecule has 0 aliphatic carbocycles. The zero-order valence-corrected chi connectivity index (χ0v) is 47.7. The van der Waals surface area contributed by atoms with E-state index >= 15 is 0 Å². The van der Waals surface area contributed by atoms with Crippen molar-refractivity contribution in [1.29, 1.82) is 0 Å². The topological polar surface area (TPSA) is 486 Å². The second kappa shape index (κ2) is 35.5. The monoisotopic (exact) mass is 1140 g/mol. The molecule has 0 bridgehead atoms. The summed E-state index contributed by atoms with van der Waals surface area (Å²) in [6.07, 6.45) is 3.80. The number of primary amides is 1. The number of phenolic OH excluding ortho intramolecular Hbond substituents is 1. The van der Waals surface area contributed by atoms with Crippen molar-refractivity contribution in [3.63, 3.8) is 0 Å². The molecule has 452 valence electrons. The number of aliphatic imine (C=N–C) groups is 2. The molecule has 29 heteroatoms. The largest absolute Gasteiger partial charge is 0.508 e. The van der Waals surface area contributed by atoms with Crippen molar-refractivity contribution in [3.8, 4) is 5.75 Å². The Balaban J connectivity index is 2.40. The van der Waals surface area contributed by atoms with Crippen LogP contribution in [0.5, 0.6) is 5.75 Å². The summed E-state index contributed by atoms with van der Waals surface area (Å²) in [7, 11) is 1.57. The van der Waals surface area contributed by atoms with Gasteiger partial charge in [0, 0.05) is 31.4 Å². The predicted molar refractivity (Wildman–Crippen MR) is 303 cm³/mol. The van der Waals surface area contributed by atoms with E-state index in [1.54, 1.807) is 60.7 Å². The molecular weight excluding hydrogens is 1050 g/mol. The number of hydrogen-bond acceptors (Lipinski definition) is 15. The summed E-state index contributed by atoms with van der Waals surface area (Å²) in [5.41, 5.74) is 28.7. The molecule has 22 N–H and O–H groups in total. The molecule has 0 saturated heterocycles. The molecule has 0 aliphatic rings. The lowest BCUT2D eigenvalue weighted by molar-refractivity contribution is -0.136. The third kappa shape index (κ3) is 25.7. The average Bonchev–Trinajstić information content (AvgIpc) is 3.93. The number of phenols is 1. The summed E-state index contributed by atoms with van der Waals surface area (Å²) in [4.78, 5) is 138. The van der Waals surface area contributed by atoms with Crippen molar-refractivity contribution in [2.45, 2.75) is 161 Å². The smallest absolute Gasteiger partial charge is 0.245 e. The first kappa shape index (κ1) is 69.0. The van der Waals surface area contributed by atoms with Gasteiger partial charge in [-0.3, -0.25) is 53.1 Å². The van der Waals surface area contributed by atoms with Crippen LogP contribution in [0.3, 0.4) is 0 Å². The molecule has 0 fully saturated rings. The van der Waals surface area contributed by atoms with E-state index in [1.807, 2.05) is 0 Å². The van der Waals surface area contributed by atoms with E-state index in [0.29, 0.717) is 12.1 Å². The van der Waals surface area contributed by atoms with Crippen LogP contribution in [0.25, 0.3) is 0 Å². The molecule has 0 spiro atoms. The molecule has 0 saturated carbocycles. The van der Waals surface area contributed by atoms with Gasteiger partial charge in [0.1, 0.15) is 54.1 Å². The SMILES string of the molecule is CC[C@H](C)[C@H](NC(=O)[C@H](CO)NC(=O)[C@H](CC(C)C)NC(=O)[C@H](CC(C)C)NC(=O)[C@H](CCCN=C(N)N)NC(=O)[C@H](C)NC(=O)[C@H](Cc1cnc[nH]1)NC(=O)[C@H](CCCN=C(N)N)NC(=O)[C@H](Cc1ccc(O)cc1)NC)C(N)=O. The summed E-state index contributed by atoms with van der Waals surface area (Å²) in [5, 5.41) is 43.8. The van der Waals surface area contributed by atoms with Gasteiger partial charge in [-0.05, 0) is 94.4 Å². The Morgan fingerprint density at radius 3 is 1.43 bits per heavy atom. The fourth-order valence-electron chi connectivity index (χ4n) is 8.18. The minimum absolute atomic E-state index is 0.0341.